The number of benzene rings is 1. The molecule has 1 aliphatic heterocycles. The van der Waals surface area contributed by atoms with Gasteiger partial charge in [-0.15, -0.1) is 0 Å². The second-order valence-electron chi connectivity index (χ2n) is 6.87. The Kier molecular flexibility index (Phi) is 6.28. The van der Waals surface area contributed by atoms with Crippen LogP contribution in [0.25, 0.3) is 6.08 Å². The van der Waals surface area contributed by atoms with E-state index in [1.54, 1.807) is 36.1 Å². The highest BCUT2D eigenvalue weighted by molar-refractivity contribution is 6.35. The highest BCUT2D eigenvalue weighted by Crippen LogP contribution is 2.37. The first-order chi connectivity index (χ1) is 12.9. The van der Waals surface area contributed by atoms with Gasteiger partial charge in [-0.25, -0.2) is 4.79 Å². The van der Waals surface area contributed by atoms with Gasteiger partial charge < -0.3 is 9.64 Å². The Bertz CT molecular complexity index is 823. The summed E-state index contributed by atoms with van der Waals surface area (Å²) in [5.41, 5.74) is 1.98. The van der Waals surface area contributed by atoms with Crippen molar-refractivity contribution in [2.45, 2.75) is 52.0 Å². The molecule has 144 valence electrons. The van der Waals surface area contributed by atoms with Crippen molar-refractivity contribution in [2.75, 3.05) is 6.61 Å². The first-order valence-corrected chi connectivity index (χ1v) is 10.1. The summed E-state index contributed by atoms with van der Waals surface area (Å²) in [5.74, 6) is -0.633. The Labute approximate surface area is 169 Å². The predicted molar refractivity (Wildman–Crippen MR) is 107 cm³/mol. The number of allylic oxidation sites excluding steroid dienone is 1. The lowest BCUT2D eigenvalue weighted by molar-refractivity contribution is -0.138. The molecule has 2 aliphatic rings. The van der Waals surface area contributed by atoms with E-state index in [2.05, 4.69) is 0 Å². The van der Waals surface area contributed by atoms with Crippen molar-refractivity contribution >= 4 is 41.2 Å². The maximum Gasteiger partial charge on any atom is 0.340 e. The second-order valence-corrected chi connectivity index (χ2v) is 7.72. The zero-order valence-electron chi connectivity index (χ0n) is 15.6. The fourth-order valence-electron chi connectivity index (χ4n) is 3.85. The number of amides is 1. The molecule has 3 rings (SSSR count). The van der Waals surface area contributed by atoms with Gasteiger partial charge in [0, 0.05) is 21.8 Å². The number of nitrogens with zero attached hydrogens (tertiary/aromatic N) is 1. The number of rotatable bonds is 4. The zero-order valence-corrected chi connectivity index (χ0v) is 17.1. The molecule has 0 saturated heterocycles. The fraction of sp³-hybridized carbons (Fsp3) is 0.429. The number of esters is 1. The summed E-state index contributed by atoms with van der Waals surface area (Å²) in [5, 5.41) is 0.945. The molecule has 0 N–H and O–H groups in total. The SMILES string of the molecule is CCOC(=O)C1=C(C)N(C2CCCCC2)C(=O)/C1=C\c1ccc(Cl)cc1Cl. The first-order valence-electron chi connectivity index (χ1n) is 9.32. The van der Waals surface area contributed by atoms with Crippen LogP contribution in [0.2, 0.25) is 10.0 Å². The Morgan fingerprint density at radius 2 is 1.96 bits per heavy atom. The molecule has 1 amide bonds. The molecule has 1 aromatic rings. The molecule has 0 aromatic heterocycles. The Balaban J connectivity index is 2.06. The van der Waals surface area contributed by atoms with Crippen molar-refractivity contribution in [1.82, 2.24) is 4.90 Å². The highest BCUT2D eigenvalue weighted by Gasteiger charge is 2.40. The van der Waals surface area contributed by atoms with Gasteiger partial charge in [0.25, 0.3) is 5.91 Å². The van der Waals surface area contributed by atoms with E-state index < -0.39 is 5.97 Å². The molecule has 0 spiro atoms. The van der Waals surface area contributed by atoms with Crippen molar-refractivity contribution in [1.29, 1.82) is 0 Å². The van der Waals surface area contributed by atoms with Gasteiger partial charge in [-0.2, -0.15) is 0 Å². The predicted octanol–water partition coefficient (Wildman–Crippen LogP) is 5.39. The number of hydrogen-bond acceptors (Lipinski definition) is 3. The summed E-state index contributed by atoms with van der Waals surface area (Å²) < 4.78 is 5.23. The minimum Gasteiger partial charge on any atom is -0.462 e. The average Bonchev–Trinajstić information content (AvgIpc) is 2.88. The summed E-state index contributed by atoms with van der Waals surface area (Å²) in [6.07, 6.45) is 6.95. The van der Waals surface area contributed by atoms with Gasteiger partial charge >= 0.3 is 5.97 Å². The van der Waals surface area contributed by atoms with Crippen LogP contribution in [0.5, 0.6) is 0 Å². The van der Waals surface area contributed by atoms with Crippen LogP contribution in [0.3, 0.4) is 0 Å². The first kappa shape index (κ1) is 20.0. The molecule has 1 aliphatic carbocycles. The van der Waals surface area contributed by atoms with E-state index in [1.165, 1.54) is 6.42 Å². The quantitative estimate of drug-likeness (QED) is 0.496. The van der Waals surface area contributed by atoms with E-state index in [1.807, 2.05) is 6.92 Å². The molecule has 0 bridgehead atoms. The van der Waals surface area contributed by atoms with E-state index in [9.17, 15) is 9.59 Å². The van der Waals surface area contributed by atoms with E-state index in [0.717, 1.165) is 25.7 Å². The van der Waals surface area contributed by atoms with Crippen molar-refractivity contribution in [2.24, 2.45) is 0 Å². The number of carbonyl (C=O) groups excluding carboxylic acids is 2. The molecule has 0 atom stereocenters. The normalized spacial score (nSPS) is 19.9. The molecule has 1 heterocycles. The van der Waals surface area contributed by atoms with Gasteiger partial charge in [0.2, 0.25) is 0 Å². The summed E-state index contributed by atoms with van der Waals surface area (Å²) in [6, 6.07) is 5.20. The summed E-state index contributed by atoms with van der Waals surface area (Å²) >= 11 is 12.2. The lowest BCUT2D eigenvalue weighted by atomic mass is 9.94. The third-order valence-electron chi connectivity index (χ3n) is 5.12. The van der Waals surface area contributed by atoms with Crippen molar-refractivity contribution in [3.63, 3.8) is 0 Å². The summed E-state index contributed by atoms with van der Waals surface area (Å²) in [4.78, 5) is 27.7. The molecule has 1 saturated carbocycles. The minimum atomic E-state index is -0.474. The van der Waals surface area contributed by atoms with Crippen molar-refractivity contribution in [3.8, 4) is 0 Å². The monoisotopic (exact) mass is 407 g/mol. The Morgan fingerprint density at radius 1 is 1.26 bits per heavy atom. The van der Waals surface area contributed by atoms with Crippen LogP contribution in [0.15, 0.2) is 35.0 Å². The van der Waals surface area contributed by atoms with Gasteiger partial charge in [0.15, 0.2) is 0 Å². The van der Waals surface area contributed by atoms with Crippen LogP contribution in [0, 0.1) is 0 Å². The van der Waals surface area contributed by atoms with E-state index in [4.69, 9.17) is 27.9 Å². The maximum absolute atomic E-state index is 13.3. The standard InChI is InChI=1S/C21H23Cl2NO3/c1-3-27-21(26)19-13(2)24(16-7-5-4-6-8-16)20(25)17(19)11-14-9-10-15(22)12-18(14)23/h9-12,16H,3-8H2,1-2H3/b17-11-. The van der Waals surface area contributed by atoms with E-state index >= 15 is 0 Å². The Hall–Kier alpha value is -1.78. The van der Waals surface area contributed by atoms with Crippen LogP contribution in [-0.2, 0) is 14.3 Å². The highest BCUT2D eigenvalue weighted by atomic mass is 35.5. The molecule has 6 heteroatoms. The molecule has 1 fully saturated rings. The molecule has 4 nitrogen and oxygen atoms in total. The third-order valence-corrected chi connectivity index (χ3v) is 5.69. The third kappa shape index (κ3) is 4.07. The molecular weight excluding hydrogens is 385 g/mol. The number of halogens is 2. The second kappa shape index (κ2) is 8.49. The van der Waals surface area contributed by atoms with Crippen LogP contribution >= 0.6 is 23.2 Å². The van der Waals surface area contributed by atoms with Gasteiger partial charge in [-0.05, 0) is 50.5 Å². The van der Waals surface area contributed by atoms with Crippen LogP contribution < -0.4 is 0 Å². The smallest absolute Gasteiger partial charge is 0.340 e. The van der Waals surface area contributed by atoms with Crippen molar-refractivity contribution < 1.29 is 14.3 Å². The molecule has 0 radical (unpaired) electrons. The molecular formula is C21H23Cl2NO3. The number of ether oxygens (including phenoxy) is 1. The lowest BCUT2D eigenvalue weighted by Crippen LogP contribution is -2.37. The maximum atomic E-state index is 13.3. The van der Waals surface area contributed by atoms with E-state index in [-0.39, 0.29) is 18.6 Å². The van der Waals surface area contributed by atoms with Gasteiger partial charge in [0.05, 0.1) is 17.8 Å². The fourth-order valence-corrected chi connectivity index (χ4v) is 4.32. The van der Waals surface area contributed by atoms with Crippen molar-refractivity contribution in [3.05, 3.63) is 50.7 Å². The Morgan fingerprint density at radius 3 is 2.59 bits per heavy atom. The number of hydrogen-bond donors (Lipinski definition) is 0. The van der Waals surface area contributed by atoms with Gasteiger partial charge in [-0.1, -0.05) is 48.5 Å². The molecule has 1 aromatic carbocycles. The van der Waals surface area contributed by atoms with E-state index in [0.29, 0.717) is 32.5 Å². The van der Waals surface area contributed by atoms with Crippen LogP contribution in [0.1, 0.15) is 51.5 Å². The summed E-state index contributed by atoms with van der Waals surface area (Å²) in [7, 11) is 0. The minimum absolute atomic E-state index is 0.127. The molecule has 0 unspecified atom stereocenters. The van der Waals surface area contributed by atoms with Crippen LogP contribution in [-0.4, -0.2) is 29.4 Å². The average molecular weight is 408 g/mol. The topological polar surface area (TPSA) is 46.6 Å². The van der Waals surface area contributed by atoms with Crippen LogP contribution in [0.4, 0.5) is 0 Å². The number of carbonyl (C=O) groups is 2. The van der Waals surface area contributed by atoms with Gasteiger partial charge in [-0.3, -0.25) is 4.79 Å². The molecule has 27 heavy (non-hydrogen) atoms. The lowest BCUT2D eigenvalue weighted by Gasteiger charge is -2.32. The van der Waals surface area contributed by atoms with Gasteiger partial charge in [0.1, 0.15) is 0 Å². The zero-order chi connectivity index (χ0) is 19.6. The summed E-state index contributed by atoms with van der Waals surface area (Å²) in [6.45, 7) is 3.83. The largest absolute Gasteiger partial charge is 0.462 e.